The maximum absolute atomic E-state index is 6.04. The molecular weight excluding hydrogens is 250 g/mol. The Kier molecular flexibility index (Phi) is 4.41. The Balaban J connectivity index is 1.69. The van der Waals surface area contributed by atoms with Crippen LogP contribution in [0.15, 0.2) is 12.4 Å². The van der Waals surface area contributed by atoms with E-state index in [0.29, 0.717) is 24.2 Å². The summed E-state index contributed by atoms with van der Waals surface area (Å²) in [5.41, 5.74) is 0. The number of aromatic nitrogens is 2. The third kappa shape index (κ3) is 2.77. The first-order valence-electron chi connectivity index (χ1n) is 8.20. The number of aryl methyl sites for hydroxylation is 1. The minimum atomic E-state index is 0.485. The summed E-state index contributed by atoms with van der Waals surface area (Å²) >= 11 is 0. The summed E-state index contributed by atoms with van der Waals surface area (Å²) in [6.45, 7) is 6.50. The molecule has 3 heterocycles. The fraction of sp³-hybridized carbons (Fsp3) is 0.812. The van der Waals surface area contributed by atoms with Gasteiger partial charge in [-0.3, -0.25) is 0 Å². The highest BCUT2D eigenvalue weighted by Gasteiger charge is 2.44. The van der Waals surface area contributed by atoms with Gasteiger partial charge in [0.15, 0.2) is 0 Å². The first-order valence-corrected chi connectivity index (χ1v) is 8.20. The summed E-state index contributed by atoms with van der Waals surface area (Å²) in [6.07, 6.45) is 11.0. The Hall–Kier alpha value is -0.870. The number of nitrogens with zero attached hydrogens (tertiary/aromatic N) is 2. The van der Waals surface area contributed by atoms with Crippen LogP contribution in [0.2, 0.25) is 0 Å². The number of hydrogen-bond acceptors (Lipinski definition) is 3. The normalized spacial score (nSPS) is 30.0. The van der Waals surface area contributed by atoms with E-state index in [2.05, 4.69) is 34.9 Å². The first-order chi connectivity index (χ1) is 9.81. The molecule has 2 aliphatic rings. The zero-order valence-electron chi connectivity index (χ0n) is 12.7. The van der Waals surface area contributed by atoms with E-state index in [-0.39, 0.29) is 0 Å². The average molecular weight is 277 g/mol. The van der Waals surface area contributed by atoms with Crippen LogP contribution in [0.5, 0.6) is 0 Å². The van der Waals surface area contributed by atoms with Crippen LogP contribution in [0.1, 0.15) is 45.4 Å². The molecule has 20 heavy (non-hydrogen) atoms. The first kappa shape index (κ1) is 14.1. The van der Waals surface area contributed by atoms with Crippen LogP contribution >= 0.6 is 0 Å². The number of hydrogen-bond donors (Lipinski definition) is 1. The molecule has 2 bridgehead atoms. The Bertz CT molecular complexity index is 431. The van der Waals surface area contributed by atoms with E-state index in [1.165, 1.54) is 25.1 Å². The number of ether oxygens (including phenoxy) is 1. The zero-order chi connectivity index (χ0) is 13.9. The largest absolute Gasteiger partial charge is 0.375 e. The fourth-order valence-electron chi connectivity index (χ4n) is 3.91. The average Bonchev–Trinajstić information content (AvgIpc) is 3.15. The topological polar surface area (TPSA) is 39.1 Å². The number of rotatable bonds is 7. The van der Waals surface area contributed by atoms with E-state index < -0.39 is 0 Å². The van der Waals surface area contributed by atoms with Gasteiger partial charge in [-0.1, -0.05) is 13.8 Å². The predicted molar refractivity (Wildman–Crippen MR) is 79.7 cm³/mol. The standard InChI is InChI=1S/C16H27N3O/c1-3-8-19-9-7-18-16(19)11-14(17-4-2)13-10-12-5-6-15(13)20-12/h7,9,12-15,17H,3-6,8,10-11H2,1-2H3. The molecule has 0 aromatic carbocycles. The molecule has 0 saturated carbocycles. The molecule has 1 N–H and O–H groups in total. The van der Waals surface area contributed by atoms with E-state index >= 15 is 0 Å². The fourth-order valence-corrected chi connectivity index (χ4v) is 3.91. The van der Waals surface area contributed by atoms with Gasteiger partial charge in [-0.25, -0.2) is 4.98 Å². The number of likely N-dealkylation sites (N-methyl/N-ethyl adjacent to an activating group) is 1. The van der Waals surface area contributed by atoms with E-state index in [1.54, 1.807) is 0 Å². The van der Waals surface area contributed by atoms with E-state index in [0.717, 1.165) is 25.9 Å². The van der Waals surface area contributed by atoms with Crippen molar-refractivity contribution in [2.24, 2.45) is 5.92 Å². The molecule has 4 heteroatoms. The van der Waals surface area contributed by atoms with Crippen molar-refractivity contribution < 1.29 is 4.74 Å². The Morgan fingerprint density at radius 1 is 1.45 bits per heavy atom. The van der Waals surface area contributed by atoms with Crippen LogP contribution in [-0.2, 0) is 17.7 Å². The lowest BCUT2D eigenvalue weighted by atomic mass is 9.82. The molecule has 4 atom stereocenters. The van der Waals surface area contributed by atoms with E-state index in [1.807, 2.05) is 6.20 Å². The van der Waals surface area contributed by atoms with Gasteiger partial charge in [-0.05, 0) is 32.2 Å². The van der Waals surface area contributed by atoms with Crippen LogP contribution in [0.4, 0.5) is 0 Å². The monoisotopic (exact) mass is 277 g/mol. The van der Waals surface area contributed by atoms with Crippen LogP contribution in [-0.4, -0.2) is 34.3 Å². The van der Waals surface area contributed by atoms with Gasteiger partial charge in [0.1, 0.15) is 5.82 Å². The molecule has 1 aromatic rings. The van der Waals surface area contributed by atoms with Gasteiger partial charge in [0.2, 0.25) is 0 Å². The molecule has 2 fully saturated rings. The van der Waals surface area contributed by atoms with Gasteiger partial charge in [0, 0.05) is 37.3 Å². The van der Waals surface area contributed by atoms with Crippen molar-refractivity contribution in [3.05, 3.63) is 18.2 Å². The maximum Gasteiger partial charge on any atom is 0.110 e. The molecule has 0 radical (unpaired) electrons. The summed E-state index contributed by atoms with van der Waals surface area (Å²) in [5.74, 6) is 1.89. The molecule has 0 amide bonds. The summed E-state index contributed by atoms with van der Waals surface area (Å²) in [4.78, 5) is 4.57. The highest BCUT2D eigenvalue weighted by Crippen LogP contribution is 2.40. The molecule has 4 unspecified atom stereocenters. The quantitative estimate of drug-likeness (QED) is 0.831. The van der Waals surface area contributed by atoms with Crippen molar-refractivity contribution in [2.45, 2.75) is 70.7 Å². The molecule has 2 saturated heterocycles. The van der Waals surface area contributed by atoms with Crippen molar-refractivity contribution in [2.75, 3.05) is 6.54 Å². The second kappa shape index (κ2) is 6.27. The maximum atomic E-state index is 6.04. The van der Waals surface area contributed by atoms with Crippen molar-refractivity contribution in [1.82, 2.24) is 14.9 Å². The van der Waals surface area contributed by atoms with Gasteiger partial charge in [-0.2, -0.15) is 0 Å². The summed E-state index contributed by atoms with van der Waals surface area (Å²) in [7, 11) is 0. The van der Waals surface area contributed by atoms with E-state index in [4.69, 9.17) is 4.74 Å². The minimum Gasteiger partial charge on any atom is -0.375 e. The van der Waals surface area contributed by atoms with Crippen LogP contribution < -0.4 is 5.32 Å². The Morgan fingerprint density at radius 2 is 2.35 bits per heavy atom. The number of fused-ring (bicyclic) bond motifs is 2. The summed E-state index contributed by atoms with van der Waals surface area (Å²) < 4.78 is 8.35. The predicted octanol–water partition coefficient (Wildman–Crippen LogP) is 2.38. The van der Waals surface area contributed by atoms with Gasteiger partial charge < -0.3 is 14.6 Å². The Labute approximate surface area is 121 Å². The molecule has 3 rings (SSSR count). The zero-order valence-corrected chi connectivity index (χ0v) is 12.7. The highest BCUT2D eigenvalue weighted by atomic mass is 16.5. The van der Waals surface area contributed by atoms with Crippen LogP contribution in [0, 0.1) is 5.92 Å². The van der Waals surface area contributed by atoms with Crippen molar-refractivity contribution in [3.8, 4) is 0 Å². The molecule has 112 valence electrons. The van der Waals surface area contributed by atoms with Gasteiger partial charge >= 0.3 is 0 Å². The molecule has 1 aromatic heterocycles. The lowest BCUT2D eigenvalue weighted by molar-refractivity contribution is 0.0856. The second-order valence-corrected chi connectivity index (χ2v) is 6.18. The van der Waals surface area contributed by atoms with Gasteiger partial charge in [-0.15, -0.1) is 0 Å². The third-order valence-electron chi connectivity index (χ3n) is 4.80. The van der Waals surface area contributed by atoms with Crippen LogP contribution in [0.25, 0.3) is 0 Å². The minimum absolute atomic E-state index is 0.485. The lowest BCUT2D eigenvalue weighted by Crippen LogP contribution is -2.42. The van der Waals surface area contributed by atoms with Crippen molar-refractivity contribution >= 4 is 0 Å². The molecule has 0 spiro atoms. The van der Waals surface area contributed by atoms with Crippen molar-refractivity contribution in [1.29, 1.82) is 0 Å². The third-order valence-corrected chi connectivity index (χ3v) is 4.80. The van der Waals surface area contributed by atoms with Crippen LogP contribution in [0.3, 0.4) is 0 Å². The van der Waals surface area contributed by atoms with Crippen molar-refractivity contribution in [3.63, 3.8) is 0 Å². The van der Waals surface area contributed by atoms with Gasteiger partial charge in [0.05, 0.1) is 12.2 Å². The lowest BCUT2D eigenvalue weighted by Gasteiger charge is -2.29. The highest BCUT2D eigenvalue weighted by molar-refractivity contribution is 5.01. The number of nitrogens with one attached hydrogen (secondary N) is 1. The molecule has 2 aliphatic heterocycles. The number of imidazole rings is 1. The second-order valence-electron chi connectivity index (χ2n) is 6.18. The SMILES string of the molecule is CCCn1ccnc1CC(NCC)C1CC2CCC1O2. The Morgan fingerprint density at radius 3 is 3.00 bits per heavy atom. The summed E-state index contributed by atoms with van der Waals surface area (Å²) in [6, 6.07) is 0.508. The summed E-state index contributed by atoms with van der Waals surface area (Å²) in [5, 5.41) is 3.68. The van der Waals surface area contributed by atoms with E-state index in [9.17, 15) is 0 Å². The van der Waals surface area contributed by atoms with Gasteiger partial charge in [0.25, 0.3) is 0 Å². The molecule has 4 nitrogen and oxygen atoms in total. The smallest absolute Gasteiger partial charge is 0.110 e. The molecule has 0 aliphatic carbocycles. The molecular formula is C16H27N3O.